The van der Waals surface area contributed by atoms with Crippen LogP contribution in [0.15, 0.2) is 18.2 Å². The molecule has 0 bridgehead atoms. The normalized spacial score (nSPS) is 11.7. The van der Waals surface area contributed by atoms with E-state index >= 15 is 0 Å². The van der Waals surface area contributed by atoms with Crippen LogP contribution in [0.5, 0.6) is 5.75 Å². The molecular formula is C10H9NO3. The van der Waals surface area contributed by atoms with E-state index in [1.54, 1.807) is 13.0 Å². The highest BCUT2D eigenvalue weighted by Gasteiger charge is 2.15. The Morgan fingerprint density at radius 2 is 2.29 bits per heavy atom. The van der Waals surface area contributed by atoms with Crippen LogP contribution in [0.1, 0.15) is 18.4 Å². The summed E-state index contributed by atoms with van der Waals surface area (Å²) in [6.45, 7) is 1.76. The second-order valence-corrected chi connectivity index (χ2v) is 2.89. The molecule has 1 atom stereocenters. The monoisotopic (exact) mass is 191 g/mol. The summed E-state index contributed by atoms with van der Waals surface area (Å²) in [7, 11) is 0. The number of nitro benzene ring substituents is 1. The molecule has 14 heavy (non-hydrogen) atoms. The van der Waals surface area contributed by atoms with Gasteiger partial charge in [-0.1, -0.05) is 12.0 Å². The van der Waals surface area contributed by atoms with Gasteiger partial charge in [0.05, 0.1) is 4.92 Å². The van der Waals surface area contributed by atoms with E-state index in [-0.39, 0.29) is 17.4 Å². The molecule has 4 nitrogen and oxygen atoms in total. The van der Waals surface area contributed by atoms with Crippen molar-refractivity contribution in [3.05, 3.63) is 33.9 Å². The predicted molar refractivity (Wildman–Crippen MR) is 52.0 cm³/mol. The van der Waals surface area contributed by atoms with Gasteiger partial charge in [-0.15, -0.1) is 6.42 Å². The second-order valence-electron chi connectivity index (χ2n) is 2.89. The maximum Gasteiger partial charge on any atom is 0.311 e. The first-order valence-corrected chi connectivity index (χ1v) is 3.99. The van der Waals surface area contributed by atoms with Crippen LogP contribution < -0.4 is 0 Å². The van der Waals surface area contributed by atoms with E-state index in [1.807, 2.05) is 0 Å². The Bertz CT molecular complexity index is 406. The molecule has 1 aromatic carbocycles. The Labute approximate surface area is 81.3 Å². The van der Waals surface area contributed by atoms with Gasteiger partial charge in [0.25, 0.3) is 0 Å². The highest BCUT2D eigenvalue weighted by Crippen LogP contribution is 2.29. The summed E-state index contributed by atoms with van der Waals surface area (Å²) in [4.78, 5) is 9.84. The molecule has 1 unspecified atom stereocenters. The molecule has 0 saturated heterocycles. The molecule has 0 aliphatic carbocycles. The van der Waals surface area contributed by atoms with Crippen molar-refractivity contribution in [1.29, 1.82) is 0 Å². The summed E-state index contributed by atoms with van der Waals surface area (Å²) >= 11 is 0. The van der Waals surface area contributed by atoms with Crippen LogP contribution in [0.3, 0.4) is 0 Å². The summed E-state index contributed by atoms with van der Waals surface area (Å²) in [6.07, 6.45) is 5.19. The van der Waals surface area contributed by atoms with Gasteiger partial charge < -0.3 is 5.11 Å². The summed E-state index contributed by atoms with van der Waals surface area (Å²) in [5, 5.41) is 19.6. The van der Waals surface area contributed by atoms with Crippen LogP contribution in [-0.4, -0.2) is 10.0 Å². The van der Waals surface area contributed by atoms with E-state index in [9.17, 15) is 10.1 Å². The molecule has 0 amide bonds. The van der Waals surface area contributed by atoms with Crippen LogP contribution in [0.4, 0.5) is 5.69 Å². The summed E-state index contributed by atoms with van der Waals surface area (Å²) in [6, 6.07) is 4.15. The number of aromatic hydroxyl groups is 1. The number of nitro groups is 1. The molecule has 0 aliphatic rings. The molecule has 0 heterocycles. The second kappa shape index (κ2) is 3.79. The van der Waals surface area contributed by atoms with E-state index in [0.717, 1.165) is 0 Å². The number of hydrogen-bond acceptors (Lipinski definition) is 3. The first kappa shape index (κ1) is 10.1. The number of nitrogens with zero attached hydrogens (tertiary/aromatic N) is 1. The Morgan fingerprint density at radius 3 is 2.79 bits per heavy atom. The van der Waals surface area contributed by atoms with E-state index in [4.69, 9.17) is 11.5 Å². The highest BCUT2D eigenvalue weighted by atomic mass is 16.6. The van der Waals surface area contributed by atoms with Crippen LogP contribution in [0, 0.1) is 22.5 Å². The molecule has 1 N–H and O–H groups in total. The third-order valence-corrected chi connectivity index (χ3v) is 1.95. The van der Waals surface area contributed by atoms with Gasteiger partial charge in [0.15, 0.2) is 5.75 Å². The SMILES string of the molecule is C#CC(C)c1ccc(O)c([N+](=O)[O-])c1. The lowest BCUT2D eigenvalue weighted by molar-refractivity contribution is -0.385. The van der Waals surface area contributed by atoms with Crippen LogP contribution in [-0.2, 0) is 0 Å². The van der Waals surface area contributed by atoms with Crippen molar-refractivity contribution in [2.75, 3.05) is 0 Å². The lowest BCUT2D eigenvalue weighted by atomic mass is 10.0. The average molecular weight is 191 g/mol. The number of phenols is 1. The number of rotatable bonds is 2. The average Bonchev–Trinajstić information content (AvgIpc) is 2.17. The number of terminal acetylenes is 1. The van der Waals surface area contributed by atoms with E-state index in [2.05, 4.69) is 5.92 Å². The van der Waals surface area contributed by atoms with Crippen molar-refractivity contribution >= 4 is 5.69 Å². The van der Waals surface area contributed by atoms with Crippen molar-refractivity contribution < 1.29 is 10.0 Å². The van der Waals surface area contributed by atoms with Gasteiger partial charge in [-0.2, -0.15) is 0 Å². The zero-order chi connectivity index (χ0) is 10.7. The molecule has 0 aliphatic heterocycles. The van der Waals surface area contributed by atoms with Crippen molar-refractivity contribution in [3.63, 3.8) is 0 Å². The van der Waals surface area contributed by atoms with Crippen molar-refractivity contribution in [1.82, 2.24) is 0 Å². The fourth-order valence-electron chi connectivity index (χ4n) is 1.05. The lowest BCUT2D eigenvalue weighted by Crippen LogP contribution is -1.93. The Hall–Kier alpha value is -2.02. The standard InChI is InChI=1S/C10H9NO3/c1-3-7(2)8-4-5-10(12)9(6-8)11(13)14/h1,4-7,12H,2H3. The molecule has 0 aromatic heterocycles. The van der Waals surface area contributed by atoms with Gasteiger partial charge >= 0.3 is 5.69 Å². The zero-order valence-electron chi connectivity index (χ0n) is 7.60. The van der Waals surface area contributed by atoms with Gasteiger partial charge in [0.1, 0.15) is 0 Å². The van der Waals surface area contributed by atoms with Crippen molar-refractivity contribution in [2.45, 2.75) is 12.8 Å². The molecular weight excluding hydrogens is 182 g/mol. The fourth-order valence-corrected chi connectivity index (χ4v) is 1.05. The van der Waals surface area contributed by atoms with Crippen molar-refractivity contribution in [2.24, 2.45) is 0 Å². The molecule has 0 spiro atoms. The predicted octanol–water partition coefficient (Wildman–Crippen LogP) is 2.04. The van der Waals surface area contributed by atoms with E-state index in [0.29, 0.717) is 5.56 Å². The lowest BCUT2D eigenvalue weighted by Gasteiger charge is -2.04. The topological polar surface area (TPSA) is 63.4 Å². The largest absolute Gasteiger partial charge is 0.502 e. The third kappa shape index (κ3) is 1.83. The van der Waals surface area contributed by atoms with E-state index < -0.39 is 4.92 Å². The van der Waals surface area contributed by atoms with Crippen LogP contribution in [0.2, 0.25) is 0 Å². The smallest absolute Gasteiger partial charge is 0.311 e. The van der Waals surface area contributed by atoms with Gasteiger partial charge in [-0.25, -0.2) is 0 Å². The zero-order valence-corrected chi connectivity index (χ0v) is 7.60. The fraction of sp³-hybridized carbons (Fsp3) is 0.200. The molecule has 4 heteroatoms. The first-order chi connectivity index (χ1) is 6.56. The summed E-state index contributed by atoms with van der Waals surface area (Å²) in [5.41, 5.74) is 0.335. The highest BCUT2D eigenvalue weighted by molar-refractivity contribution is 5.49. The molecule has 0 fully saturated rings. The minimum Gasteiger partial charge on any atom is -0.502 e. The molecule has 1 aromatic rings. The Kier molecular flexibility index (Phi) is 2.73. The summed E-state index contributed by atoms with van der Waals surface area (Å²) in [5.74, 6) is 1.92. The van der Waals surface area contributed by atoms with Gasteiger partial charge in [-0.3, -0.25) is 10.1 Å². The molecule has 0 radical (unpaired) electrons. The Morgan fingerprint density at radius 1 is 1.64 bits per heavy atom. The third-order valence-electron chi connectivity index (χ3n) is 1.95. The summed E-state index contributed by atoms with van der Waals surface area (Å²) < 4.78 is 0. The maximum atomic E-state index is 10.5. The first-order valence-electron chi connectivity index (χ1n) is 3.99. The van der Waals surface area contributed by atoms with E-state index in [1.165, 1.54) is 12.1 Å². The number of phenolic OH excluding ortho intramolecular Hbond substituents is 1. The molecule has 72 valence electrons. The molecule has 0 saturated carbocycles. The van der Waals surface area contributed by atoms with Crippen LogP contribution in [0.25, 0.3) is 0 Å². The number of hydrogen-bond donors (Lipinski definition) is 1. The quantitative estimate of drug-likeness (QED) is 0.442. The maximum absolute atomic E-state index is 10.5. The number of benzene rings is 1. The van der Waals surface area contributed by atoms with Gasteiger partial charge in [0, 0.05) is 12.0 Å². The molecule has 1 rings (SSSR count). The van der Waals surface area contributed by atoms with Gasteiger partial charge in [-0.05, 0) is 18.6 Å². The minimum atomic E-state index is -0.637. The van der Waals surface area contributed by atoms with Crippen molar-refractivity contribution in [3.8, 4) is 18.1 Å². The van der Waals surface area contributed by atoms with Gasteiger partial charge in [0.2, 0.25) is 0 Å². The Balaban J connectivity index is 3.21. The minimum absolute atomic E-state index is 0.200. The van der Waals surface area contributed by atoms with Crippen LogP contribution >= 0.6 is 0 Å².